The van der Waals surface area contributed by atoms with Gasteiger partial charge in [0.05, 0.1) is 16.3 Å². The van der Waals surface area contributed by atoms with Gasteiger partial charge in [-0.3, -0.25) is 9.69 Å². The third-order valence-electron chi connectivity index (χ3n) is 5.55. The second-order valence-corrected chi connectivity index (χ2v) is 7.83. The van der Waals surface area contributed by atoms with Crippen LogP contribution in [0.25, 0.3) is 0 Å². The van der Waals surface area contributed by atoms with Crippen molar-refractivity contribution in [1.82, 2.24) is 14.9 Å². The molecule has 0 bridgehead atoms. The van der Waals surface area contributed by atoms with E-state index in [0.29, 0.717) is 19.0 Å². The van der Waals surface area contributed by atoms with Crippen LogP contribution in [0.5, 0.6) is 0 Å². The molecule has 1 aromatic carbocycles. The molecule has 26 heavy (non-hydrogen) atoms. The van der Waals surface area contributed by atoms with E-state index in [1.807, 2.05) is 0 Å². The number of H-pyrrole nitrogens is 1. The molecule has 0 spiro atoms. The summed E-state index contributed by atoms with van der Waals surface area (Å²) in [5.41, 5.74) is 2.66. The normalized spacial score (nSPS) is 18.7. The van der Waals surface area contributed by atoms with Crippen LogP contribution in [0.3, 0.4) is 0 Å². The number of nitrogens with zero attached hydrogens (tertiary/aromatic N) is 2. The van der Waals surface area contributed by atoms with E-state index in [1.54, 1.807) is 12.1 Å². The van der Waals surface area contributed by atoms with Crippen LogP contribution in [0.4, 0.5) is 4.39 Å². The highest BCUT2D eigenvalue weighted by atomic mass is 35.5. The largest absolute Gasteiger partial charge is 0.310 e. The summed E-state index contributed by atoms with van der Waals surface area (Å²) in [5.74, 6) is 0.878. The van der Waals surface area contributed by atoms with E-state index in [-0.39, 0.29) is 10.6 Å². The molecule has 4 nitrogen and oxygen atoms in total. The number of hydrogen-bond acceptors (Lipinski definition) is 3. The second-order valence-electron chi connectivity index (χ2n) is 7.42. The fraction of sp³-hybridized carbons (Fsp3) is 0.500. The van der Waals surface area contributed by atoms with Gasteiger partial charge in [0, 0.05) is 32.0 Å². The van der Waals surface area contributed by atoms with Gasteiger partial charge in [0.15, 0.2) is 0 Å². The third-order valence-corrected chi connectivity index (χ3v) is 5.84. The zero-order valence-electron chi connectivity index (χ0n) is 14.7. The van der Waals surface area contributed by atoms with Gasteiger partial charge < -0.3 is 4.98 Å². The molecule has 0 unspecified atom stereocenters. The fourth-order valence-electron chi connectivity index (χ4n) is 4.10. The molecule has 0 atom stereocenters. The van der Waals surface area contributed by atoms with E-state index >= 15 is 0 Å². The Hall–Kier alpha value is -1.72. The predicted octanol–water partition coefficient (Wildman–Crippen LogP) is 4.17. The number of aromatic amines is 1. The van der Waals surface area contributed by atoms with Gasteiger partial charge in [-0.2, -0.15) is 0 Å². The Bertz CT molecular complexity index is 861. The minimum absolute atomic E-state index is 0.00240. The van der Waals surface area contributed by atoms with Crippen molar-refractivity contribution in [3.05, 3.63) is 62.0 Å². The fourth-order valence-corrected chi connectivity index (χ4v) is 4.30. The van der Waals surface area contributed by atoms with E-state index < -0.39 is 5.82 Å². The van der Waals surface area contributed by atoms with Crippen LogP contribution in [0.2, 0.25) is 5.02 Å². The van der Waals surface area contributed by atoms with Crippen molar-refractivity contribution in [3.63, 3.8) is 0 Å². The highest BCUT2D eigenvalue weighted by Crippen LogP contribution is 2.31. The maximum Gasteiger partial charge on any atom is 0.255 e. The van der Waals surface area contributed by atoms with E-state index in [1.165, 1.54) is 25.3 Å². The SMILES string of the molecule is O=c1[nH]c(C2CCCCC2)nc2c1CN(Cc1ccc(F)c(Cl)c1)CC2. The molecule has 1 N–H and O–H groups in total. The summed E-state index contributed by atoms with van der Waals surface area (Å²) >= 11 is 5.87. The van der Waals surface area contributed by atoms with Crippen molar-refractivity contribution >= 4 is 11.6 Å². The first-order valence-corrected chi connectivity index (χ1v) is 9.76. The summed E-state index contributed by atoms with van der Waals surface area (Å²) in [6, 6.07) is 4.78. The van der Waals surface area contributed by atoms with Gasteiger partial charge in [-0.1, -0.05) is 36.9 Å². The van der Waals surface area contributed by atoms with Crippen molar-refractivity contribution in [3.8, 4) is 0 Å². The molecule has 0 amide bonds. The number of benzene rings is 1. The third kappa shape index (κ3) is 3.69. The van der Waals surface area contributed by atoms with Gasteiger partial charge in [-0.25, -0.2) is 9.37 Å². The smallest absolute Gasteiger partial charge is 0.255 e. The van der Waals surface area contributed by atoms with E-state index in [4.69, 9.17) is 16.6 Å². The Morgan fingerprint density at radius 3 is 2.85 bits per heavy atom. The van der Waals surface area contributed by atoms with Crippen LogP contribution in [-0.2, 0) is 19.5 Å². The van der Waals surface area contributed by atoms with Crippen molar-refractivity contribution in [2.45, 2.75) is 57.5 Å². The van der Waals surface area contributed by atoms with E-state index in [2.05, 4.69) is 9.88 Å². The molecule has 1 saturated carbocycles. The highest BCUT2D eigenvalue weighted by Gasteiger charge is 2.24. The summed E-state index contributed by atoms with van der Waals surface area (Å²) in [6.07, 6.45) is 6.75. The molecule has 6 heteroatoms. The second kappa shape index (κ2) is 7.49. The number of nitrogens with one attached hydrogen (secondary N) is 1. The van der Waals surface area contributed by atoms with Crippen LogP contribution in [0, 0.1) is 5.82 Å². The number of fused-ring (bicyclic) bond motifs is 1. The molecule has 0 radical (unpaired) electrons. The molecule has 2 aliphatic rings. The summed E-state index contributed by atoms with van der Waals surface area (Å²) in [6.45, 7) is 2.05. The van der Waals surface area contributed by atoms with E-state index in [9.17, 15) is 9.18 Å². The first kappa shape index (κ1) is 17.7. The summed E-state index contributed by atoms with van der Waals surface area (Å²) in [7, 11) is 0. The Morgan fingerprint density at radius 2 is 2.08 bits per heavy atom. The van der Waals surface area contributed by atoms with Crippen LogP contribution >= 0.6 is 11.6 Å². The zero-order chi connectivity index (χ0) is 18.1. The van der Waals surface area contributed by atoms with Gasteiger partial charge in [-0.15, -0.1) is 0 Å². The molecule has 1 aliphatic heterocycles. The quantitative estimate of drug-likeness (QED) is 0.875. The van der Waals surface area contributed by atoms with Gasteiger partial charge in [0.1, 0.15) is 11.6 Å². The Balaban J connectivity index is 1.51. The molecule has 0 saturated heterocycles. The lowest BCUT2D eigenvalue weighted by Gasteiger charge is -2.29. The highest BCUT2D eigenvalue weighted by molar-refractivity contribution is 6.30. The number of rotatable bonds is 3. The molecule has 2 aromatic rings. The molecule has 1 aromatic heterocycles. The van der Waals surface area contributed by atoms with Gasteiger partial charge in [-0.05, 0) is 30.5 Å². The van der Waals surface area contributed by atoms with Crippen molar-refractivity contribution in [2.75, 3.05) is 6.54 Å². The Morgan fingerprint density at radius 1 is 1.27 bits per heavy atom. The lowest BCUT2D eigenvalue weighted by atomic mass is 9.88. The lowest BCUT2D eigenvalue weighted by molar-refractivity contribution is 0.241. The van der Waals surface area contributed by atoms with E-state index in [0.717, 1.165) is 48.5 Å². The topological polar surface area (TPSA) is 49.0 Å². The van der Waals surface area contributed by atoms with Crippen molar-refractivity contribution in [2.24, 2.45) is 0 Å². The summed E-state index contributed by atoms with van der Waals surface area (Å²) in [5, 5.41) is 0.136. The molecular weight excluding hydrogens is 353 g/mol. The molecule has 1 aliphatic carbocycles. The monoisotopic (exact) mass is 375 g/mol. The average molecular weight is 376 g/mol. The summed E-state index contributed by atoms with van der Waals surface area (Å²) < 4.78 is 13.3. The van der Waals surface area contributed by atoms with Crippen molar-refractivity contribution in [1.29, 1.82) is 0 Å². The molecule has 2 heterocycles. The lowest BCUT2D eigenvalue weighted by Crippen LogP contribution is -2.36. The standard InChI is InChI=1S/C20H23ClFN3O/c21-16-10-13(6-7-17(16)22)11-25-9-8-18-15(12-25)20(26)24-19(23-18)14-4-2-1-3-5-14/h6-7,10,14H,1-5,8-9,11-12H2,(H,23,24,26). The minimum atomic E-state index is -0.407. The van der Waals surface area contributed by atoms with Crippen LogP contribution in [0.1, 0.15) is 60.7 Å². The predicted molar refractivity (Wildman–Crippen MR) is 99.9 cm³/mol. The van der Waals surface area contributed by atoms with Crippen LogP contribution in [0.15, 0.2) is 23.0 Å². The van der Waals surface area contributed by atoms with Gasteiger partial charge in [0.2, 0.25) is 0 Å². The van der Waals surface area contributed by atoms with Gasteiger partial charge >= 0.3 is 0 Å². The Labute approximate surface area is 157 Å². The number of aromatic nitrogens is 2. The Kier molecular flexibility index (Phi) is 5.09. The zero-order valence-corrected chi connectivity index (χ0v) is 15.5. The molecule has 138 valence electrons. The maximum absolute atomic E-state index is 13.3. The molecule has 1 fully saturated rings. The minimum Gasteiger partial charge on any atom is -0.310 e. The van der Waals surface area contributed by atoms with Crippen LogP contribution < -0.4 is 5.56 Å². The first-order valence-electron chi connectivity index (χ1n) is 9.38. The van der Waals surface area contributed by atoms with Crippen LogP contribution in [-0.4, -0.2) is 21.4 Å². The van der Waals surface area contributed by atoms with Gasteiger partial charge in [0.25, 0.3) is 5.56 Å². The molecular formula is C20H23ClFN3O. The maximum atomic E-state index is 13.3. The number of hydrogen-bond donors (Lipinski definition) is 1. The number of halogens is 2. The summed E-state index contributed by atoms with van der Waals surface area (Å²) in [4.78, 5) is 22.7. The average Bonchev–Trinajstić information content (AvgIpc) is 2.66. The molecule has 4 rings (SSSR count). The van der Waals surface area contributed by atoms with Crippen molar-refractivity contribution < 1.29 is 4.39 Å². The first-order chi connectivity index (χ1) is 12.6.